The fourth-order valence-corrected chi connectivity index (χ4v) is 4.05. The van der Waals surface area contributed by atoms with E-state index >= 15 is 0 Å². The van der Waals surface area contributed by atoms with Gasteiger partial charge in [-0.2, -0.15) is 0 Å². The lowest BCUT2D eigenvalue weighted by Crippen LogP contribution is -2.35. The minimum Gasteiger partial charge on any atom is -0.497 e. The van der Waals surface area contributed by atoms with Gasteiger partial charge >= 0.3 is 0 Å². The highest BCUT2D eigenvalue weighted by atomic mass is 35.5. The number of carbonyl (C=O) groups is 2. The molecule has 1 aliphatic rings. The van der Waals surface area contributed by atoms with Crippen LogP contribution in [0.2, 0.25) is 5.02 Å². The van der Waals surface area contributed by atoms with E-state index in [-0.39, 0.29) is 18.4 Å². The van der Waals surface area contributed by atoms with E-state index < -0.39 is 0 Å². The van der Waals surface area contributed by atoms with E-state index in [1.807, 2.05) is 60.4 Å². The highest BCUT2D eigenvalue weighted by molar-refractivity contribution is 6.37. The first-order valence-corrected chi connectivity index (χ1v) is 10.7. The minimum atomic E-state index is -0.343. The van der Waals surface area contributed by atoms with Crippen molar-refractivity contribution in [2.75, 3.05) is 18.6 Å². The monoisotopic (exact) mass is 446 g/mol. The molecule has 3 aromatic rings. The van der Waals surface area contributed by atoms with Crippen LogP contribution in [0, 0.1) is 0 Å². The number of methoxy groups -OCH3 is 1. The maximum atomic E-state index is 13.6. The van der Waals surface area contributed by atoms with Crippen LogP contribution in [0.3, 0.4) is 0 Å². The molecule has 3 aromatic carbocycles. The quantitative estimate of drug-likeness (QED) is 0.471. The summed E-state index contributed by atoms with van der Waals surface area (Å²) in [4.78, 5) is 30.4. The van der Waals surface area contributed by atoms with Crippen LogP contribution in [0.25, 0.3) is 5.57 Å². The van der Waals surface area contributed by atoms with Gasteiger partial charge < -0.3 is 9.64 Å². The van der Waals surface area contributed by atoms with Gasteiger partial charge in [0.05, 0.1) is 19.2 Å². The molecule has 5 nitrogen and oxygen atoms in total. The molecule has 0 fully saturated rings. The third-order valence-corrected chi connectivity index (χ3v) is 5.83. The van der Waals surface area contributed by atoms with E-state index in [1.54, 1.807) is 37.4 Å². The van der Waals surface area contributed by atoms with Crippen LogP contribution < -0.4 is 9.64 Å². The number of anilines is 1. The van der Waals surface area contributed by atoms with Gasteiger partial charge in [0, 0.05) is 17.3 Å². The molecule has 0 N–H and O–H groups in total. The Labute approximate surface area is 192 Å². The van der Waals surface area contributed by atoms with Crippen molar-refractivity contribution in [1.29, 1.82) is 0 Å². The molecular weight excluding hydrogens is 424 g/mol. The van der Waals surface area contributed by atoms with Crippen molar-refractivity contribution < 1.29 is 14.3 Å². The van der Waals surface area contributed by atoms with Crippen LogP contribution >= 0.6 is 11.6 Å². The molecule has 0 aromatic heterocycles. The lowest BCUT2D eigenvalue weighted by molar-refractivity contribution is -0.137. The van der Waals surface area contributed by atoms with Crippen molar-refractivity contribution in [1.82, 2.24) is 4.90 Å². The molecule has 0 radical (unpaired) electrons. The first-order valence-electron chi connectivity index (χ1n) is 10.4. The number of halogens is 1. The van der Waals surface area contributed by atoms with Crippen molar-refractivity contribution in [2.24, 2.45) is 0 Å². The van der Waals surface area contributed by atoms with Crippen molar-refractivity contribution in [3.63, 3.8) is 0 Å². The minimum absolute atomic E-state index is 0.104. The molecule has 32 heavy (non-hydrogen) atoms. The molecule has 1 aliphatic heterocycles. The first kappa shape index (κ1) is 21.7. The maximum Gasteiger partial charge on any atom is 0.278 e. The molecule has 0 unspecified atom stereocenters. The third-order valence-electron chi connectivity index (χ3n) is 5.46. The molecule has 0 bridgehead atoms. The molecule has 2 amide bonds. The number of benzene rings is 3. The second-order valence-corrected chi connectivity index (χ2v) is 7.73. The van der Waals surface area contributed by atoms with Gasteiger partial charge in [-0.25, -0.2) is 0 Å². The predicted molar refractivity (Wildman–Crippen MR) is 126 cm³/mol. The third kappa shape index (κ3) is 3.99. The van der Waals surface area contributed by atoms with E-state index in [9.17, 15) is 9.59 Å². The van der Waals surface area contributed by atoms with Crippen LogP contribution in [0.1, 0.15) is 18.1 Å². The zero-order chi connectivity index (χ0) is 22.7. The average Bonchev–Trinajstić information content (AvgIpc) is 3.06. The topological polar surface area (TPSA) is 49.9 Å². The highest BCUT2D eigenvalue weighted by Gasteiger charge is 2.41. The number of para-hydroxylation sites is 1. The number of nitrogens with zero attached hydrogens (tertiary/aromatic N) is 2. The van der Waals surface area contributed by atoms with E-state index in [1.165, 1.54) is 4.90 Å². The molecule has 0 spiro atoms. The SMILES string of the molecule is CCN(C1=C(c2ccc(OC)cc2)C(=O)N(Cc2ccccc2Cl)C1=O)c1ccccc1. The summed E-state index contributed by atoms with van der Waals surface area (Å²) in [5.74, 6) is -0.00749. The summed E-state index contributed by atoms with van der Waals surface area (Å²) in [5, 5.41) is 0.517. The molecular formula is C26H23ClN2O3. The molecule has 0 aliphatic carbocycles. The van der Waals surface area contributed by atoms with Crippen molar-refractivity contribution >= 4 is 34.7 Å². The summed E-state index contributed by atoms with van der Waals surface area (Å²) in [6.45, 7) is 2.59. The Kier molecular flexibility index (Phi) is 6.28. The average molecular weight is 447 g/mol. The van der Waals surface area contributed by atoms with E-state index in [2.05, 4.69) is 0 Å². The fourth-order valence-electron chi connectivity index (χ4n) is 3.85. The molecule has 6 heteroatoms. The number of hydrogen-bond acceptors (Lipinski definition) is 4. The summed E-state index contributed by atoms with van der Waals surface area (Å²) in [6, 6.07) is 24.0. The smallest absolute Gasteiger partial charge is 0.278 e. The van der Waals surface area contributed by atoms with Gasteiger partial charge in [-0.15, -0.1) is 0 Å². The zero-order valence-electron chi connectivity index (χ0n) is 17.9. The number of hydrogen-bond donors (Lipinski definition) is 0. The van der Waals surface area contributed by atoms with Crippen molar-refractivity contribution in [3.05, 3.63) is 101 Å². The Hall–Kier alpha value is -3.57. The first-order chi connectivity index (χ1) is 15.5. The molecule has 162 valence electrons. The van der Waals surface area contributed by atoms with Crippen molar-refractivity contribution in [3.8, 4) is 5.75 Å². The van der Waals surface area contributed by atoms with E-state index in [0.29, 0.717) is 39.7 Å². The van der Waals surface area contributed by atoms with E-state index in [0.717, 1.165) is 5.69 Å². The number of likely N-dealkylation sites (N-methyl/N-ethyl adjacent to an activating group) is 1. The standard InChI is InChI=1S/C26H23ClN2O3/c1-3-28(20-10-5-4-6-11-20)24-23(18-13-15-21(32-2)16-14-18)25(30)29(26(24)31)17-19-9-7-8-12-22(19)27/h4-16H,3,17H2,1-2H3. The number of amides is 2. The number of imide groups is 1. The van der Waals surface area contributed by atoms with E-state index in [4.69, 9.17) is 16.3 Å². The van der Waals surface area contributed by atoms with Crippen LogP contribution in [-0.2, 0) is 16.1 Å². The predicted octanol–water partition coefficient (Wildman–Crippen LogP) is 5.16. The van der Waals surface area contributed by atoms with Gasteiger partial charge in [0.1, 0.15) is 11.4 Å². The van der Waals surface area contributed by atoms with Crippen molar-refractivity contribution in [2.45, 2.75) is 13.5 Å². The summed E-state index contributed by atoms with van der Waals surface area (Å²) < 4.78 is 5.25. The van der Waals surface area contributed by atoms with Gasteiger partial charge in [-0.1, -0.05) is 60.1 Å². The largest absolute Gasteiger partial charge is 0.497 e. The van der Waals surface area contributed by atoms with Gasteiger partial charge in [-0.05, 0) is 48.4 Å². The number of carbonyl (C=O) groups excluding carboxylic acids is 2. The number of rotatable bonds is 7. The van der Waals surface area contributed by atoms with Gasteiger partial charge in [0.25, 0.3) is 11.8 Å². The normalized spacial score (nSPS) is 13.7. The molecule has 0 saturated heterocycles. The van der Waals surface area contributed by atoms with Crippen LogP contribution in [0.15, 0.2) is 84.6 Å². The molecule has 0 atom stereocenters. The van der Waals surface area contributed by atoms with Crippen LogP contribution in [0.5, 0.6) is 5.75 Å². The van der Waals surface area contributed by atoms with Crippen LogP contribution in [-0.4, -0.2) is 30.4 Å². The molecule has 1 heterocycles. The summed E-state index contributed by atoms with van der Waals surface area (Å²) in [6.07, 6.45) is 0. The zero-order valence-corrected chi connectivity index (χ0v) is 18.7. The Morgan fingerprint density at radius 2 is 1.53 bits per heavy atom. The molecule has 0 saturated carbocycles. The summed E-state index contributed by atoms with van der Waals surface area (Å²) in [7, 11) is 1.59. The molecule has 4 rings (SSSR count). The highest BCUT2D eigenvalue weighted by Crippen LogP contribution is 2.36. The maximum absolute atomic E-state index is 13.6. The Balaban J connectivity index is 1.82. The van der Waals surface area contributed by atoms with Crippen LogP contribution in [0.4, 0.5) is 5.69 Å². The van der Waals surface area contributed by atoms with Gasteiger partial charge in [-0.3, -0.25) is 14.5 Å². The second kappa shape index (κ2) is 9.28. The van der Waals surface area contributed by atoms with Gasteiger partial charge in [0.15, 0.2) is 0 Å². The Morgan fingerprint density at radius 3 is 2.16 bits per heavy atom. The fraction of sp³-hybridized carbons (Fsp3) is 0.154. The second-order valence-electron chi connectivity index (χ2n) is 7.32. The Morgan fingerprint density at radius 1 is 0.875 bits per heavy atom. The lowest BCUT2D eigenvalue weighted by atomic mass is 10.0. The van der Waals surface area contributed by atoms with Gasteiger partial charge in [0.2, 0.25) is 0 Å². The lowest BCUT2D eigenvalue weighted by Gasteiger charge is -2.25. The summed E-state index contributed by atoms with van der Waals surface area (Å²) in [5.41, 5.74) is 2.96. The Bertz CT molecular complexity index is 1170. The number of ether oxygens (including phenoxy) is 1. The summed E-state index contributed by atoms with van der Waals surface area (Å²) >= 11 is 6.32.